The quantitative estimate of drug-likeness (QED) is 0.267. The molecule has 0 atom stereocenters. The van der Waals surface area contributed by atoms with Crippen molar-refractivity contribution in [1.29, 1.82) is 5.41 Å². The van der Waals surface area contributed by atoms with Crippen molar-refractivity contribution in [3.05, 3.63) is 47.0 Å². The van der Waals surface area contributed by atoms with E-state index in [0.29, 0.717) is 22.0 Å². The van der Waals surface area contributed by atoms with Gasteiger partial charge in [-0.15, -0.1) is 0 Å². The molecule has 21 heavy (non-hydrogen) atoms. The minimum Gasteiger partial charge on any atom is -0.398 e. The van der Waals surface area contributed by atoms with Crippen LogP contribution in [0.4, 0.5) is 11.4 Å². The van der Waals surface area contributed by atoms with Crippen LogP contribution in [-0.4, -0.2) is 12.1 Å². The highest BCUT2D eigenvalue weighted by Crippen LogP contribution is 2.31. The lowest BCUT2D eigenvalue weighted by atomic mass is 9.98. The second-order valence-electron chi connectivity index (χ2n) is 4.54. The molecular formula is C15H15ClN4O. The van der Waals surface area contributed by atoms with Gasteiger partial charge >= 0.3 is 0 Å². The Morgan fingerprint density at radius 3 is 2.43 bits per heavy atom. The first kappa shape index (κ1) is 15.0. The number of halogens is 1. The lowest BCUT2D eigenvalue weighted by molar-refractivity contribution is -0.116. The van der Waals surface area contributed by atoms with Crippen LogP contribution >= 0.6 is 11.6 Å². The summed E-state index contributed by atoms with van der Waals surface area (Å²) in [7, 11) is 0. The molecule has 0 aliphatic carbocycles. The number of nitrogens with one attached hydrogen (secondary N) is 1. The van der Waals surface area contributed by atoms with Gasteiger partial charge in [0.1, 0.15) is 0 Å². The molecule has 6 heteroatoms. The number of hydrazine groups is 1. The smallest absolute Gasteiger partial charge is 0.238 e. The van der Waals surface area contributed by atoms with E-state index in [1.54, 1.807) is 36.4 Å². The highest BCUT2D eigenvalue weighted by Gasteiger charge is 2.10. The second kappa shape index (κ2) is 5.95. The van der Waals surface area contributed by atoms with Gasteiger partial charge in [-0.25, -0.2) is 10.9 Å². The van der Waals surface area contributed by atoms with Crippen molar-refractivity contribution in [3.63, 3.8) is 0 Å². The Balaban J connectivity index is 2.48. The van der Waals surface area contributed by atoms with Crippen molar-refractivity contribution in [3.8, 4) is 11.1 Å². The molecule has 0 spiro atoms. The number of rotatable bonds is 3. The van der Waals surface area contributed by atoms with E-state index in [-0.39, 0.29) is 5.91 Å². The SMILES string of the molecule is CC(=O)N(N)c1ccc(-c2cc(Cl)cc(N)c2C=N)cc1. The fourth-order valence-corrected chi connectivity index (χ4v) is 2.25. The van der Waals surface area contributed by atoms with E-state index < -0.39 is 0 Å². The normalized spacial score (nSPS) is 10.2. The molecule has 2 rings (SSSR count). The summed E-state index contributed by atoms with van der Waals surface area (Å²) in [5.41, 5.74) is 9.10. The number of nitrogens with two attached hydrogens (primary N) is 2. The summed E-state index contributed by atoms with van der Waals surface area (Å²) in [5.74, 6) is 5.38. The number of hydrogen-bond acceptors (Lipinski definition) is 4. The summed E-state index contributed by atoms with van der Waals surface area (Å²) >= 11 is 6.02. The largest absolute Gasteiger partial charge is 0.398 e. The van der Waals surface area contributed by atoms with Gasteiger partial charge in [0, 0.05) is 29.4 Å². The van der Waals surface area contributed by atoms with Gasteiger partial charge in [-0.3, -0.25) is 4.79 Å². The Bertz CT molecular complexity index is 698. The molecule has 1 amide bonds. The van der Waals surface area contributed by atoms with Gasteiger partial charge in [0.05, 0.1) is 5.69 Å². The van der Waals surface area contributed by atoms with E-state index in [1.807, 2.05) is 0 Å². The molecule has 0 saturated carbocycles. The van der Waals surface area contributed by atoms with E-state index >= 15 is 0 Å². The molecule has 2 aromatic rings. The molecule has 0 aromatic heterocycles. The highest BCUT2D eigenvalue weighted by atomic mass is 35.5. The maximum Gasteiger partial charge on any atom is 0.238 e. The number of nitrogen functional groups attached to an aromatic ring is 1. The molecule has 108 valence electrons. The topological polar surface area (TPSA) is 96.2 Å². The molecular weight excluding hydrogens is 288 g/mol. The van der Waals surface area contributed by atoms with Crippen LogP contribution in [-0.2, 0) is 4.79 Å². The lowest BCUT2D eigenvalue weighted by Crippen LogP contribution is -2.35. The van der Waals surface area contributed by atoms with Gasteiger partial charge in [-0.2, -0.15) is 0 Å². The molecule has 5 nitrogen and oxygen atoms in total. The average Bonchev–Trinajstić information content (AvgIpc) is 2.46. The van der Waals surface area contributed by atoms with Crippen LogP contribution in [0, 0.1) is 5.41 Å². The number of benzene rings is 2. The standard InChI is InChI=1S/C15H15ClN4O/c1-9(21)20(19)12-4-2-10(3-5-12)13-6-11(16)7-15(18)14(13)8-17/h2-8,17H,18-19H2,1H3. The Morgan fingerprint density at radius 2 is 1.90 bits per heavy atom. The van der Waals surface area contributed by atoms with Crippen LogP contribution in [0.1, 0.15) is 12.5 Å². The van der Waals surface area contributed by atoms with Crippen molar-refractivity contribution in [2.45, 2.75) is 6.92 Å². The number of anilines is 2. The van der Waals surface area contributed by atoms with Gasteiger partial charge in [-0.05, 0) is 35.4 Å². The fraction of sp³-hybridized carbons (Fsp3) is 0.0667. The van der Waals surface area contributed by atoms with Crippen molar-refractivity contribution in [2.75, 3.05) is 10.7 Å². The van der Waals surface area contributed by atoms with Gasteiger partial charge in [0.15, 0.2) is 0 Å². The average molecular weight is 303 g/mol. The number of amides is 1. The highest BCUT2D eigenvalue weighted by molar-refractivity contribution is 6.31. The van der Waals surface area contributed by atoms with Crippen LogP contribution in [0.2, 0.25) is 5.02 Å². The van der Waals surface area contributed by atoms with E-state index in [0.717, 1.165) is 16.1 Å². The number of carbonyl (C=O) groups is 1. The molecule has 0 aliphatic heterocycles. The summed E-state index contributed by atoms with van der Waals surface area (Å²) in [6, 6.07) is 10.4. The first-order valence-corrected chi connectivity index (χ1v) is 6.57. The van der Waals surface area contributed by atoms with Gasteiger partial charge in [0.25, 0.3) is 0 Å². The third-order valence-corrected chi connectivity index (χ3v) is 3.34. The predicted molar refractivity (Wildman–Crippen MR) is 86.5 cm³/mol. The molecule has 0 saturated heterocycles. The molecule has 0 fully saturated rings. The second-order valence-corrected chi connectivity index (χ2v) is 4.97. The zero-order chi connectivity index (χ0) is 15.6. The molecule has 2 aromatic carbocycles. The van der Waals surface area contributed by atoms with Crippen molar-refractivity contribution in [2.24, 2.45) is 5.84 Å². The molecule has 0 unspecified atom stereocenters. The Morgan fingerprint density at radius 1 is 1.29 bits per heavy atom. The van der Waals surface area contributed by atoms with E-state index in [2.05, 4.69) is 0 Å². The van der Waals surface area contributed by atoms with Crippen LogP contribution in [0.3, 0.4) is 0 Å². The summed E-state index contributed by atoms with van der Waals surface area (Å²) in [5, 5.41) is 9.06. The summed E-state index contributed by atoms with van der Waals surface area (Å²) in [6.45, 7) is 1.39. The van der Waals surface area contributed by atoms with Gasteiger partial charge < -0.3 is 11.1 Å². The molecule has 0 aliphatic rings. The van der Waals surface area contributed by atoms with E-state index in [4.69, 9.17) is 28.6 Å². The van der Waals surface area contributed by atoms with Crippen molar-refractivity contribution < 1.29 is 4.79 Å². The van der Waals surface area contributed by atoms with Crippen LogP contribution in [0.15, 0.2) is 36.4 Å². The Kier molecular flexibility index (Phi) is 4.26. The maximum absolute atomic E-state index is 11.2. The van der Waals surface area contributed by atoms with Gasteiger partial charge in [-0.1, -0.05) is 23.7 Å². The third kappa shape index (κ3) is 3.04. The molecule has 0 bridgehead atoms. The van der Waals surface area contributed by atoms with E-state index in [9.17, 15) is 4.79 Å². The predicted octanol–water partition coefficient (Wildman–Crippen LogP) is 2.81. The van der Waals surface area contributed by atoms with Crippen molar-refractivity contribution in [1.82, 2.24) is 0 Å². The molecule has 0 radical (unpaired) electrons. The Labute approximate surface area is 127 Å². The van der Waals surface area contributed by atoms with Crippen molar-refractivity contribution >= 4 is 35.1 Å². The number of carbonyl (C=O) groups excluding carboxylic acids is 1. The number of hydrogen-bond donors (Lipinski definition) is 3. The first-order valence-electron chi connectivity index (χ1n) is 6.19. The zero-order valence-corrected chi connectivity index (χ0v) is 12.2. The van der Waals surface area contributed by atoms with Crippen LogP contribution < -0.4 is 16.6 Å². The Hall–Kier alpha value is -2.37. The minimum absolute atomic E-state index is 0.255. The fourth-order valence-electron chi connectivity index (χ4n) is 2.02. The summed E-state index contributed by atoms with van der Waals surface area (Å²) in [6.07, 6.45) is 1.19. The summed E-state index contributed by atoms with van der Waals surface area (Å²) in [4.78, 5) is 11.2. The maximum atomic E-state index is 11.2. The van der Waals surface area contributed by atoms with E-state index in [1.165, 1.54) is 13.1 Å². The monoisotopic (exact) mass is 302 g/mol. The number of nitrogens with zero attached hydrogens (tertiary/aromatic N) is 1. The van der Waals surface area contributed by atoms with Gasteiger partial charge in [0.2, 0.25) is 5.91 Å². The minimum atomic E-state index is -0.255. The first-order chi connectivity index (χ1) is 9.93. The third-order valence-electron chi connectivity index (χ3n) is 3.12. The van der Waals surface area contributed by atoms with Crippen LogP contribution in [0.5, 0.6) is 0 Å². The molecule has 5 N–H and O–H groups in total. The summed E-state index contributed by atoms with van der Waals surface area (Å²) < 4.78 is 0. The van der Waals surface area contributed by atoms with Crippen LogP contribution in [0.25, 0.3) is 11.1 Å². The lowest BCUT2D eigenvalue weighted by Gasteiger charge is -2.15. The molecule has 0 heterocycles. The zero-order valence-electron chi connectivity index (χ0n) is 11.4.